The third-order valence-corrected chi connectivity index (χ3v) is 2.34. The molecule has 86 valence electrons. The highest BCUT2D eigenvalue weighted by Gasteiger charge is 2.10. The number of nitro groups is 1. The second-order valence-electron chi connectivity index (χ2n) is 3.43. The maximum Gasteiger partial charge on any atom is 0.274 e. The number of aromatic nitrogens is 2. The molecule has 0 spiro atoms. The lowest BCUT2D eigenvalue weighted by Gasteiger charge is -2.01. The molecular formula is C11H8ClN3O2. The van der Waals surface area contributed by atoms with Gasteiger partial charge in [-0.3, -0.25) is 15.1 Å². The summed E-state index contributed by atoms with van der Waals surface area (Å²) in [6, 6.07) is 6.32. The predicted molar refractivity (Wildman–Crippen MR) is 62.9 cm³/mol. The molecule has 0 N–H and O–H groups in total. The van der Waals surface area contributed by atoms with E-state index in [0.717, 1.165) is 5.56 Å². The molecule has 6 heteroatoms. The van der Waals surface area contributed by atoms with Gasteiger partial charge >= 0.3 is 0 Å². The van der Waals surface area contributed by atoms with Gasteiger partial charge in [-0.1, -0.05) is 17.7 Å². The Labute approximate surface area is 102 Å². The average molecular weight is 250 g/mol. The average Bonchev–Trinajstić information content (AvgIpc) is 2.29. The van der Waals surface area contributed by atoms with Gasteiger partial charge in [0, 0.05) is 24.9 Å². The van der Waals surface area contributed by atoms with E-state index in [-0.39, 0.29) is 10.8 Å². The van der Waals surface area contributed by atoms with Crippen molar-refractivity contribution in [1.82, 2.24) is 9.97 Å². The first-order chi connectivity index (χ1) is 8.15. The molecule has 17 heavy (non-hydrogen) atoms. The minimum Gasteiger partial charge on any atom is -0.264 e. The largest absolute Gasteiger partial charge is 0.274 e. The van der Waals surface area contributed by atoms with E-state index >= 15 is 0 Å². The van der Waals surface area contributed by atoms with Crippen LogP contribution in [0.4, 0.5) is 5.69 Å². The van der Waals surface area contributed by atoms with Gasteiger partial charge in [0.2, 0.25) is 0 Å². The van der Waals surface area contributed by atoms with Crippen molar-refractivity contribution in [3.05, 3.63) is 63.2 Å². The fourth-order valence-electron chi connectivity index (χ4n) is 1.44. The molecular weight excluding hydrogens is 242 g/mol. The first-order valence-corrected chi connectivity index (χ1v) is 5.23. The lowest BCUT2D eigenvalue weighted by atomic mass is 10.1. The molecule has 2 aromatic rings. The van der Waals surface area contributed by atoms with Crippen LogP contribution in [0, 0.1) is 10.1 Å². The topological polar surface area (TPSA) is 68.9 Å². The Hall–Kier alpha value is -2.01. The molecule has 0 aromatic carbocycles. The fraction of sp³-hybridized carbons (Fsp3) is 0.0909. The molecule has 0 atom stereocenters. The van der Waals surface area contributed by atoms with Crippen molar-refractivity contribution >= 4 is 17.3 Å². The van der Waals surface area contributed by atoms with E-state index in [2.05, 4.69) is 9.97 Å². The molecule has 0 radical (unpaired) electrons. The molecule has 2 heterocycles. The molecule has 0 aliphatic rings. The smallest absolute Gasteiger partial charge is 0.264 e. The zero-order valence-corrected chi connectivity index (χ0v) is 9.46. The summed E-state index contributed by atoms with van der Waals surface area (Å²) in [5.74, 6) is 0. The van der Waals surface area contributed by atoms with Crippen LogP contribution >= 0.6 is 11.6 Å². The molecule has 0 saturated heterocycles. The van der Waals surface area contributed by atoms with E-state index in [1.165, 1.54) is 12.1 Å². The lowest BCUT2D eigenvalue weighted by Crippen LogP contribution is -1.96. The number of hydrogen-bond acceptors (Lipinski definition) is 4. The number of pyridine rings is 2. The van der Waals surface area contributed by atoms with E-state index in [1.807, 2.05) is 6.07 Å². The number of hydrogen-bond donors (Lipinski definition) is 0. The van der Waals surface area contributed by atoms with E-state index in [1.54, 1.807) is 18.5 Å². The van der Waals surface area contributed by atoms with Crippen LogP contribution in [0.5, 0.6) is 0 Å². The Kier molecular flexibility index (Phi) is 3.30. The number of rotatable bonds is 3. The van der Waals surface area contributed by atoms with Gasteiger partial charge in [0.15, 0.2) is 0 Å². The van der Waals surface area contributed by atoms with Gasteiger partial charge in [0.1, 0.15) is 5.15 Å². The van der Waals surface area contributed by atoms with Crippen molar-refractivity contribution in [1.29, 1.82) is 0 Å². The van der Waals surface area contributed by atoms with Crippen LogP contribution in [0.15, 0.2) is 36.7 Å². The van der Waals surface area contributed by atoms with Crippen LogP contribution in [0.25, 0.3) is 0 Å². The Morgan fingerprint density at radius 1 is 1.41 bits per heavy atom. The highest BCUT2D eigenvalue weighted by Crippen LogP contribution is 2.19. The predicted octanol–water partition coefficient (Wildman–Crippen LogP) is 2.63. The van der Waals surface area contributed by atoms with Gasteiger partial charge < -0.3 is 0 Å². The molecule has 0 bridgehead atoms. The van der Waals surface area contributed by atoms with Crippen LogP contribution in [-0.2, 0) is 6.42 Å². The van der Waals surface area contributed by atoms with Gasteiger partial charge in [-0.25, -0.2) is 4.98 Å². The highest BCUT2D eigenvalue weighted by atomic mass is 35.5. The summed E-state index contributed by atoms with van der Waals surface area (Å²) in [7, 11) is 0. The Morgan fingerprint density at radius 3 is 2.88 bits per heavy atom. The first-order valence-electron chi connectivity index (χ1n) is 4.85. The van der Waals surface area contributed by atoms with Crippen LogP contribution in [-0.4, -0.2) is 14.9 Å². The lowest BCUT2D eigenvalue weighted by molar-refractivity contribution is -0.385. The molecule has 0 aliphatic heterocycles. The second kappa shape index (κ2) is 4.88. The highest BCUT2D eigenvalue weighted by molar-refractivity contribution is 6.29. The number of nitrogens with zero attached hydrogens (tertiary/aromatic N) is 3. The monoisotopic (exact) mass is 249 g/mol. The Balaban J connectivity index is 2.30. The van der Waals surface area contributed by atoms with Crippen molar-refractivity contribution in [2.24, 2.45) is 0 Å². The molecule has 0 fully saturated rings. The summed E-state index contributed by atoms with van der Waals surface area (Å²) in [6.07, 6.45) is 3.82. The quantitative estimate of drug-likeness (QED) is 0.476. The van der Waals surface area contributed by atoms with E-state index in [4.69, 9.17) is 11.6 Å². The van der Waals surface area contributed by atoms with Gasteiger partial charge in [-0.05, 0) is 11.6 Å². The van der Waals surface area contributed by atoms with Gasteiger partial charge in [0.25, 0.3) is 5.69 Å². The SMILES string of the molecule is O=[N+]([O-])c1cc(Cl)nc(Cc2cccnc2)c1. The van der Waals surface area contributed by atoms with Crippen LogP contribution in [0.3, 0.4) is 0 Å². The van der Waals surface area contributed by atoms with Crippen LogP contribution in [0.2, 0.25) is 5.15 Å². The summed E-state index contributed by atoms with van der Waals surface area (Å²) >= 11 is 5.73. The molecule has 0 amide bonds. The van der Waals surface area contributed by atoms with Gasteiger partial charge in [0.05, 0.1) is 16.7 Å². The van der Waals surface area contributed by atoms with Crippen LogP contribution in [0.1, 0.15) is 11.3 Å². The van der Waals surface area contributed by atoms with E-state index in [0.29, 0.717) is 12.1 Å². The summed E-state index contributed by atoms with van der Waals surface area (Å²) in [5.41, 5.74) is 1.43. The zero-order chi connectivity index (χ0) is 12.3. The second-order valence-corrected chi connectivity index (χ2v) is 3.82. The van der Waals surface area contributed by atoms with Gasteiger partial charge in [-0.15, -0.1) is 0 Å². The number of halogens is 1. The summed E-state index contributed by atoms with van der Waals surface area (Å²) < 4.78 is 0. The third kappa shape index (κ3) is 2.98. The van der Waals surface area contributed by atoms with E-state index in [9.17, 15) is 10.1 Å². The molecule has 0 aliphatic carbocycles. The van der Waals surface area contributed by atoms with Gasteiger partial charge in [-0.2, -0.15) is 0 Å². The first kappa shape index (κ1) is 11.5. The van der Waals surface area contributed by atoms with Crippen molar-refractivity contribution in [2.45, 2.75) is 6.42 Å². The summed E-state index contributed by atoms with van der Waals surface area (Å²) in [5, 5.41) is 10.8. The maximum absolute atomic E-state index is 10.7. The molecule has 5 nitrogen and oxygen atoms in total. The van der Waals surface area contributed by atoms with Crippen molar-refractivity contribution in [3.63, 3.8) is 0 Å². The third-order valence-electron chi connectivity index (χ3n) is 2.15. The molecule has 2 aromatic heterocycles. The van der Waals surface area contributed by atoms with E-state index < -0.39 is 4.92 Å². The molecule has 0 unspecified atom stereocenters. The fourth-order valence-corrected chi connectivity index (χ4v) is 1.66. The minimum absolute atomic E-state index is 0.0520. The molecule has 0 saturated carbocycles. The van der Waals surface area contributed by atoms with Crippen LogP contribution < -0.4 is 0 Å². The van der Waals surface area contributed by atoms with Crippen molar-refractivity contribution < 1.29 is 4.92 Å². The molecule has 2 rings (SSSR count). The maximum atomic E-state index is 10.7. The Morgan fingerprint density at radius 2 is 2.24 bits per heavy atom. The normalized spacial score (nSPS) is 10.2. The summed E-state index contributed by atoms with van der Waals surface area (Å²) in [4.78, 5) is 18.2. The van der Waals surface area contributed by atoms with Crippen molar-refractivity contribution in [3.8, 4) is 0 Å². The minimum atomic E-state index is -0.486. The summed E-state index contributed by atoms with van der Waals surface area (Å²) in [6.45, 7) is 0. The standard InChI is InChI=1S/C11H8ClN3O2/c12-11-6-10(15(16)17)5-9(14-11)4-8-2-1-3-13-7-8/h1-3,5-7H,4H2. The zero-order valence-electron chi connectivity index (χ0n) is 8.71. The Bertz CT molecular complexity index is 546. The van der Waals surface area contributed by atoms with Crippen molar-refractivity contribution in [2.75, 3.05) is 0 Å².